The lowest BCUT2D eigenvalue weighted by molar-refractivity contribution is 0.0697. The first-order valence-electron chi connectivity index (χ1n) is 10.7. The number of benzene rings is 4. The third kappa shape index (κ3) is 6.01. The molecule has 0 atom stereocenters. The number of para-hydroxylation sites is 1. The Morgan fingerprint density at radius 3 is 2.26 bits per heavy atom. The topological polar surface area (TPSA) is 80.1 Å². The molecule has 0 aliphatic heterocycles. The molecule has 0 heterocycles. The van der Waals surface area contributed by atoms with Gasteiger partial charge in [0, 0.05) is 17.6 Å². The second-order valence-electron chi connectivity index (χ2n) is 7.50. The van der Waals surface area contributed by atoms with Gasteiger partial charge >= 0.3 is 5.97 Å². The van der Waals surface area contributed by atoms with Crippen LogP contribution < -0.4 is 14.8 Å². The largest absolute Gasteiger partial charge is 0.493 e. The Balaban J connectivity index is 1.38. The molecular weight excluding hydrogens is 428 g/mol. The fraction of sp³-hybridized carbons (Fsp3) is 0.0714. The van der Waals surface area contributed by atoms with Gasteiger partial charge in [-0.05, 0) is 77.9 Å². The minimum Gasteiger partial charge on any atom is -0.493 e. The molecule has 0 spiro atoms. The van der Waals surface area contributed by atoms with Gasteiger partial charge in [0.1, 0.15) is 6.61 Å². The van der Waals surface area contributed by atoms with Crippen LogP contribution in [-0.2, 0) is 6.61 Å². The van der Waals surface area contributed by atoms with Crippen molar-refractivity contribution < 1.29 is 19.4 Å². The summed E-state index contributed by atoms with van der Waals surface area (Å²) in [7, 11) is 1.59. The van der Waals surface area contributed by atoms with Gasteiger partial charge in [0.25, 0.3) is 0 Å². The van der Waals surface area contributed by atoms with Crippen LogP contribution in [0, 0.1) is 0 Å². The van der Waals surface area contributed by atoms with Gasteiger partial charge in [0.15, 0.2) is 11.5 Å². The number of nitrogens with one attached hydrogen (secondary N) is 1. The van der Waals surface area contributed by atoms with Crippen molar-refractivity contribution in [3.63, 3.8) is 0 Å². The number of ether oxygens (including phenoxy) is 2. The van der Waals surface area contributed by atoms with Crippen LogP contribution in [0.1, 0.15) is 21.5 Å². The van der Waals surface area contributed by atoms with Gasteiger partial charge in [-0.1, -0.05) is 30.3 Å². The molecule has 4 aromatic rings. The highest BCUT2D eigenvalue weighted by Gasteiger charge is 2.07. The molecule has 6 heteroatoms. The van der Waals surface area contributed by atoms with Gasteiger partial charge in [-0.2, -0.15) is 0 Å². The lowest BCUT2D eigenvalue weighted by Gasteiger charge is -2.11. The number of methoxy groups -OCH3 is 1. The third-order valence-electron chi connectivity index (χ3n) is 5.08. The normalized spacial score (nSPS) is 10.7. The summed E-state index contributed by atoms with van der Waals surface area (Å²) in [6.45, 7) is 0.299. The van der Waals surface area contributed by atoms with Crippen molar-refractivity contribution in [1.82, 2.24) is 0 Å². The number of aliphatic imine (C=N–C) groups is 1. The van der Waals surface area contributed by atoms with E-state index in [-0.39, 0.29) is 5.56 Å². The molecule has 4 aromatic carbocycles. The van der Waals surface area contributed by atoms with Crippen molar-refractivity contribution in [2.45, 2.75) is 6.61 Å². The molecule has 2 N–H and O–H groups in total. The summed E-state index contributed by atoms with van der Waals surface area (Å²) in [6.07, 6.45) is 1.77. The number of hydrogen-bond donors (Lipinski definition) is 2. The Labute approximate surface area is 198 Å². The van der Waals surface area contributed by atoms with Crippen LogP contribution in [0.25, 0.3) is 0 Å². The van der Waals surface area contributed by atoms with Crippen LogP contribution in [0.15, 0.2) is 102 Å². The fourth-order valence-electron chi connectivity index (χ4n) is 3.26. The van der Waals surface area contributed by atoms with Crippen LogP contribution in [0.3, 0.4) is 0 Å². The summed E-state index contributed by atoms with van der Waals surface area (Å²) in [5, 5.41) is 12.3. The summed E-state index contributed by atoms with van der Waals surface area (Å²) in [5.74, 6) is 0.234. The van der Waals surface area contributed by atoms with Gasteiger partial charge in [-0.15, -0.1) is 0 Å². The zero-order chi connectivity index (χ0) is 23.8. The van der Waals surface area contributed by atoms with E-state index in [2.05, 4.69) is 10.3 Å². The van der Waals surface area contributed by atoms with Crippen LogP contribution >= 0.6 is 0 Å². The number of carboxylic acid groups (broad SMARTS) is 1. The van der Waals surface area contributed by atoms with Gasteiger partial charge in [0.05, 0.1) is 18.4 Å². The maximum absolute atomic E-state index is 11.0. The van der Waals surface area contributed by atoms with Gasteiger partial charge in [0.2, 0.25) is 0 Å². The molecule has 34 heavy (non-hydrogen) atoms. The summed E-state index contributed by atoms with van der Waals surface area (Å²) in [4.78, 5) is 15.5. The molecule has 0 unspecified atom stereocenters. The first-order valence-corrected chi connectivity index (χ1v) is 10.7. The molecule has 0 radical (unpaired) electrons. The Morgan fingerprint density at radius 2 is 1.59 bits per heavy atom. The number of anilines is 2. The second-order valence-corrected chi connectivity index (χ2v) is 7.50. The van der Waals surface area contributed by atoms with E-state index in [1.807, 2.05) is 72.8 Å². The summed E-state index contributed by atoms with van der Waals surface area (Å²) in [6, 6.07) is 30.0. The number of nitrogens with zero attached hydrogens (tertiary/aromatic N) is 1. The summed E-state index contributed by atoms with van der Waals surface area (Å²) < 4.78 is 11.3. The SMILES string of the molecule is COc1cc(C=Nc2ccc(Nc3ccccc3)cc2)ccc1OCc1ccc(C(=O)O)cc1. The number of carbonyl (C=O) groups is 1. The number of aromatic carboxylic acids is 1. The third-order valence-corrected chi connectivity index (χ3v) is 5.08. The van der Waals surface area contributed by atoms with E-state index in [1.54, 1.807) is 37.6 Å². The molecule has 0 aliphatic rings. The maximum Gasteiger partial charge on any atom is 0.335 e. The highest BCUT2D eigenvalue weighted by Crippen LogP contribution is 2.29. The molecule has 4 rings (SSSR count). The van der Waals surface area contributed by atoms with Crippen molar-refractivity contribution in [3.8, 4) is 11.5 Å². The smallest absolute Gasteiger partial charge is 0.335 e. The quantitative estimate of drug-likeness (QED) is 0.285. The number of hydrogen-bond acceptors (Lipinski definition) is 5. The van der Waals surface area contributed by atoms with Crippen LogP contribution in [0.5, 0.6) is 11.5 Å². The summed E-state index contributed by atoms with van der Waals surface area (Å²) in [5.41, 5.74) is 4.84. The Kier molecular flexibility index (Phi) is 7.20. The molecule has 0 amide bonds. The first-order chi connectivity index (χ1) is 16.6. The molecule has 0 saturated heterocycles. The van der Waals surface area contributed by atoms with Gasteiger partial charge in [-0.25, -0.2) is 4.79 Å². The van der Waals surface area contributed by atoms with E-state index >= 15 is 0 Å². The monoisotopic (exact) mass is 452 g/mol. The number of carboxylic acids is 1. The Hall–Kier alpha value is -4.58. The van der Waals surface area contributed by atoms with E-state index in [0.717, 1.165) is 28.2 Å². The van der Waals surface area contributed by atoms with Crippen molar-refractivity contribution in [1.29, 1.82) is 0 Å². The molecule has 0 aliphatic carbocycles. The summed E-state index contributed by atoms with van der Waals surface area (Å²) >= 11 is 0. The van der Waals surface area contributed by atoms with Crippen LogP contribution in [0.2, 0.25) is 0 Å². The van der Waals surface area contributed by atoms with Gasteiger partial charge < -0.3 is 19.9 Å². The van der Waals surface area contributed by atoms with E-state index in [0.29, 0.717) is 18.1 Å². The van der Waals surface area contributed by atoms with Crippen molar-refractivity contribution in [3.05, 3.63) is 114 Å². The van der Waals surface area contributed by atoms with E-state index < -0.39 is 5.97 Å². The van der Waals surface area contributed by atoms with Crippen LogP contribution in [-0.4, -0.2) is 24.4 Å². The molecule has 0 aromatic heterocycles. The number of rotatable bonds is 9. The second kappa shape index (κ2) is 10.8. The molecule has 6 nitrogen and oxygen atoms in total. The molecule has 0 bridgehead atoms. The minimum absolute atomic E-state index is 0.243. The maximum atomic E-state index is 11.0. The molecule has 0 saturated carbocycles. The lowest BCUT2D eigenvalue weighted by Crippen LogP contribution is -2.00. The first kappa shape index (κ1) is 22.6. The average molecular weight is 453 g/mol. The predicted octanol–water partition coefficient (Wildman–Crippen LogP) is 6.47. The minimum atomic E-state index is -0.953. The highest BCUT2D eigenvalue weighted by molar-refractivity contribution is 5.87. The lowest BCUT2D eigenvalue weighted by atomic mass is 10.1. The predicted molar refractivity (Wildman–Crippen MR) is 134 cm³/mol. The van der Waals surface area contributed by atoms with Crippen LogP contribution in [0.4, 0.5) is 17.1 Å². The van der Waals surface area contributed by atoms with Gasteiger partial charge in [-0.3, -0.25) is 4.99 Å². The molecule has 170 valence electrons. The van der Waals surface area contributed by atoms with Crippen molar-refractivity contribution in [2.24, 2.45) is 4.99 Å². The average Bonchev–Trinajstić information content (AvgIpc) is 2.88. The van der Waals surface area contributed by atoms with Crippen molar-refractivity contribution >= 4 is 29.2 Å². The molecular formula is C28H24N2O4. The zero-order valence-corrected chi connectivity index (χ0v) is 18.6. The van der Waals surface area contributed by atoms with E-state index in [1.165, 1.54) is 0 Å². The molecule has 0 fully saturated rings. The van der Waals surface area contributed by atoms with Crippen molar-refractivity contribution in [2.75, 3.05) is 12.4 Å². The zero-order valence-electron chi connectivity index (χ0n) is 18.6. The Bertz CT molecular complexity index is 1270. The van der Waals surface area contributed by atoms with E-state index in [4.69, 9.17) is 14.6 Å². The fourth-order valence-corrected chi connectivity index (χ4v) is 3.26. The standard InChI is InChI=1S/C28H24N2O4/c1-33-27-17-21(9-16-26(27)34-19-20-7-10-22(11-8-20)28(31)32)18-29-23-12-14-25(15-13-23)30-24-5-3-2-4-6-24/h2-18,30H,19H2,1H3,(H,31,32). The highest BCUT2D eigenvalue weighted by atomic mass is 16.5. The van der Waals surface area contributed by atoms with E-state index in [9.17, 15) is 4.79 Å². The Morgan fingerprint density at radius 1 is 0.882 bits per heavy atom.